The van der Waals surface area contributed by atoms with Gasteiger partial charge in [-0.2, -0.15) is 15.5 Å². The van der Waals surface area contributed by atoms with Crippen molar-refractivity contribution in [1.82, 2.24) is 29.9 Å². The molecule has 0 aromatic carbocycles. The number of aryl methyl sites for hydroxylation is 2. The first-order valence-electron chi connectivity index (χ1n) is 6.80. The van der Waals surface area contributed by atoms with E-state index in [1.807, 2.05) is 7.05 Å². The first-order chi connectivity index (χ1) is 10.7. The van der Waals surface area contributed by atoms with Crippen molar-refractivity contribution < 1.29 is 0 Å². The summed E-state index contributed by atoms with van der Waals surface area (Å²) in [7, 11) is 1.84. The highest BCUT2D eigenvalue weighted by Crippen LogP contribution is 2.18. The van der Waals surface area contributed by atoms with E-state index in [-0.39, 0.29) is 5.82 Å². The third-order valence-corrected chi connectivity index (χ3v) is 3.41. The fraction of sp³-hybridized carbons (Fsp3) is 0.308. The Bertz CT molecular complexity index is 839. The smallest absolute Gasteiger partial charge is 0.163 e. The summed E-state index contributed by atoms with van der Waals surface area (Å²) < 4.78 is 1.70. The number of aromatic amines is 1. The summed E-state index contributed by atoms with van der Waals surface area (Å²) >= 11 is 0. The van der Waals surface area contributed by atoms with Crippen molar-refractivity contribution in [2.24, 2.45) is 7.05 Å². The quantitative estimate of drug-likeness (QED) is 0.586. The van der Waals surface area contributed by atoms with Gasteiger partial charge in [0.25, 0.3) is 0 Å². The van der Waals surface area contributed by atoms with Gasteiger partial charge in [0, 0.05) is 13.6 Å². The molecule has 0 saturated carbocycles. The predicted molar refractivity (Wildman–Crippen MR) is 80.8 cm³/mol. The summed E-state index contributed by atoms with van der Waals surface area (Å²) in [5, 5.41) is 24.0. The maximum atomic E-state index is 9.01. The molecule has 0 radical (unpaired) electrons. The van der Waals surface area contributed by atoms with Crippen LogP contribution in [-0.2, 0) is 13.5 Å². The average molecular weight is 297 g/mol. The van der Waals surface area contributed by atoms with E-state index in [4.69, 9.17) is 11.0 Å². The molecule has 0 amide bonds. The van der Waals surface area contributed by atoms with E-state index in [9.17, 15) is 0 Å². The van der Waals surface area contributed by atoms with Crippen molar-refractivity contribution in [3.8, 4) is 6.07 Å². The van der Waals surface area contributed by atoms with Gasteiger partial charge in [-0.1, -0.05) is 0 Å². The Morgan fingerprint density at radius 3 is 3.14 bits per heavy atom. The number of fused-ring (bicyclic) bond motifs is 1. The zero-order valence-electron chi connectivity index (χ0n) is 12.0. The van der Waals surface area contributed by atoms with Gasteiger partial charge in [-0.3, -0.25) is 9.78 Å². The van der Waals surface area contributed by atoms with E-state index in [0.717, 1.165) is 29.0 Å². The van der Waals surface area contributed by atoms with Crippen LogP contribution < -0.4 is 11.1 Å². The van der Waals surface area contributed by atoms with Gasteiger partial charge in [0.1, 0.15) is 23.8 Å². The lowest BCUT2D eigenvalue weighted by Gasteiger charge is -2.05. The zero-order valence-corrected chi connectivity index (χ0v) is 12.0. The van der Waals surface area contributed by atoms with Gasteiger partial charge in [-0.15, -0.1) is 0 Å². The second-order valence-corrected chi connectivity index (χ2v) is 4.83. The molecule has 0 aliphatic heterocycles. The largest absolute Gasteiger partial charge is 0.381 e. The molecule has 0 unspecified atom stereocenters. The third kappa shape index (κ3) is 2.42. The van der Waals surface area contributed by atoms with Crippen LogP contribution in [0.25, 0.3) is 11.0 Å². The van der Waals surface area contributed by atoms with Crippen molar-refractivity contribution in [3.05, 3.63) is 23.8 Å². The second kappa shape index (κ2) is 5.69. The van der Waals surface area contributed by atoms with Gasteiger partial charge in [0.15, 0.2) is 11.5 Å². The van der Waals surface area contributed by atoms with Gasteiger partial charge in [0.2, 0.25) is 0 Å². The van der Waals surface area contributed by atoms with E-state index in [0.29, 0.717) is 18.5 Å². The molecule has 3 aromatic heterocycles. The van der Waals surface area contributed by atoms with Gasteiger partial charge >= 0.3 is 0 Å². The Kier molecular flexibility index (Phi) is 3.57. The highest BCUT2D eigenvalue weighted by Gasteiger charge is 2.10. The van der Waals surface area contributed by atoms with Crippen molar-refractivity contribution in [3.63, 3.8) is 0 Å². The lowest BCUT2D eigenvalue weighted by Crippen LogP contribution is -2.06. The fourth-order valence-electron chi connectivity index (χ4n) is 2.27. The molecule has 0 fully saturated rings. The number of nitriles is 1. The van der Waals surface area contributed by atoms with Crippen molar-refractivity contribution in [1.29, 1.82) is 5.26 Å². The lowest BCUT2D eigenvalue weighted by atomic mass is 10.1. The number of aromatic nitrogens is 6. The normalized spacial score (nSPS) is 10.7. The van der Waals surface area contributed by atoms with Crippen LogP contribution >= 0.6 is 0 Å². The number of nitrogen functional groups attached to an aromatic ring is 1. The van der Waals surface area contributed by atoms with Gasteiger partial charge < -0.3 is 11.1 Å². The van der Waals surface area contributed by atoms with Crippen LogP contribution in [0, 0.1) is 11.3 Å². The summed E-state index contributed by atoms with van der Waals surface area (Å²) in [6.07, 6.45) is 4.74. The molecule has 0 aliphatic carbocycles. The van der Waals surface area contributed by atoms with Gasteiger partial charge in [0.05, 0.1) is 17.3 Å². The molecule has 0 bridgehead atoms. The van der Waals surface area contributed by atoms with E-state index in [1.165, 1.54) is 6.33 Å². The molecule has 0 atom stereocenters. The number of nitrogens with zero attached hydrogens (tertiary/aromatic N) is 6. The highest BCUT2D eigenvalue weighted by atomic mass is 15.3. The Hall–Kier alpha value is -3.15. The van der Waals surface area contributed by atoms with Crippen LogP contribution in [0.15, 0.2) is 12.5 Å². The first kappa shape index (κ1) is 13.8. The minimum Gasteiger partial charge on any atom is -0.381 e. The molecular weight excluding hydrogens is 282 g/mol. The second-order valence-electron chi connectivity index (χ2n) is 4.83. The maximum Gasteiger partial charge on any atom is 0.163 e. The number of hydrogen-bond donors (Lipinski definition) is 3. The molecule has 112 valence electrons. The maximum absolute atomic E-state index is 9.01. The van der Waals surface area contributed by atoms with Crippen molar-refractivity contribution >= 4 is 22.7 Å². The van der Waals surface area contributed by atoms with Crippen LogP contribution in [0.5, 0.6) is 0 Å². The summed E-state index contributed by atoms with van der Waals surface area (Å²) in [5.41, 5.74) is 7.58. The number of hydrogen-bond acceptors (Lipinski definition) is 7. The summed E-state index contributed by atoms with van der Waals surface area (Å²) in [6, 6.07) is 2.06. The van der Waals surface area contributed by atoms with E-state index < -0.39 is 0 Å². The number of H-pyrrole nitrogens is 1. The van der Waals surface area contributed by atoms with Crippen LogP contribution in [0.2, 0.25) is 0 Å². The summed E-state index contributed by atoms with van der Waals surface area (Å²) in [4.78, 5) is 8.42. The molecule has 3 rings (SSSR count). The number of nitrogens with one attached hydrogen (secondary N) is 2. The van der Waals surface area contributed by atoms with Crippen molar-refractivity contribution in [2.75, 3.05) is 17.6 Å². The van der Waals surface area contributed by atoms with Crippen LogP contribution in [0.3, 0.4) is 0 Å². The molecular formula is C13H15N9. The van der Waals surface area contributed by atoms with Crippen molar-refractivity contribution in [2.45, 2.75) is 12.8 Å². The van der Waals surface area contributed by atoms with E-state index in [1.54, 1.807) is 10.9 Å². The standard InChI is InChI=1S/C13H15N9/c1-22-13-9(6-19-22)12(17-7-18-13)16-4-2-3-10-8(5-14)11(15)21-20-10/h6-7H,2-4H2,1H3,(H3,15,20,21)(H,16,17,18). The molecule has 3 heterocycles. The highest BCUT2D eigenvalue weighted by molar-refractivity contribution is 5.85. The predicted octanol–water partition coefficient (Wildman–Crippen LogP) is 0.585. The molecule has 4 N–H and O–H groups in total. The van der Waals surface area contributed by atoms with Gasteiger partial charge in [-0.25, -0.2) is 9.97 Å². The zero-order chi connectivity index (χ0) is 15.5. The molecule has 0 spiro atoms. The Labute approximate surface area is 126 Å². The molecule has 3 aromatic rings. The fourth-order valence-corrected chi connectivity index (χ4v) is 2.27. The third-order valence-electron chi connectivity index (χ3n) is 3.41. The van der Waals surface area contributed by atoms with Gasteiger partial charge in [-0.05, 0) is 12.8 Å². The first-order valence-corrected chi connectivity index (χ1v) is 6.80. The number of anilines is 2. The monoisotopic (exact) mass is 297 g/mol. The van der Waals surface area contributed by atoms with Crippen LogP contribution in [-0.4, -0.2) is 36.5 Å². The Balaban J connectivity index is 1.62. The topological polar surface area (TPSA) is 134 Å². The Morgan fingerprint density at radius 2 is 2.32 bits per heavy atom. The summed E-state index contributed by atoms with van der Waals surface area (Å²) in [6.45, 7) is 0.699. The number of nitrogens with two attached hydrogens (primary N) is 1. The number of rotatable bonds is 5. The lowest BCUT2D eigenvalue weighted by molar-refractivity contribution is 0.785. The molecule has 0 saturated heterocycles. The minimum atomic E-state index is 0.248. The van der Waals surface area contributed by atoms with E-state index >= 15 is 0 Å². The Morgan fingerprint density at radius 1 is 1.45 bits per heavy atom. The molecule has 0 aliphatic rings. The average Bonchev–Trinajstić information content (AvgIpc) is 3.08. The molecule has 9 heteroatoms. The molecule has 9 nitrogen and oxygen atoms in total. The molecule has 22 heavy (non-hydrogen) atoms. The summed E-state index contributed by atoms with van der Waals surface area (Å²) in [5.74, 6) is 1.00. The van der Waals surface area contributed by atoms with Crippen LogP contribution in [0.1, 0.15) is 17.7 Å². The van der Waals surface area contributed by atoms with Crippen LogP contribution in [0.4, 0.5) is 11.6 Å². The minimum absolute atomic E-state index is 0.248. The SMILES string of the molecule is Cn1ncc2c(NCCCc3[nH]nc(N)c3C#N)ncnc21. The van der Waals surface area contributed by atoms with E-state index in [2.05, 4.69) is 36.7 Å².